The predicted octanol–water partition coefficient (Wildman–Crippen LogP) is 4.26. The van der Waals surface area contributed by atoms with Crippen LogP contribution in [0.5, 0.6) is 0 Å². The van der Waals surface area contributed by atoms with E-state index in [4.69, 9.17) is 17.4 Å². The molecule has 1 aromatic carbocycles. The minimum atomic E-state index is -0.397. The summed E-state index contributed by atoms with van der Waals surface area (Å²) in [6, 6.07) is 4.76. The molecule has 0 saturated heterocycles. The van der Waals surface area contributed by atoms with Crippen molar-refractivity contribution in [3.63, 3.8) is 0 Å². The van der Waals surface area contributed by atoms with Gasteiger partial charge in [-0.1, -0.05) is 42.2 Å². The van der Waals surface area contributed by atoms with Gasteiger partial charge in [0.25, 0.3) is 0 Å². The standard InChI is InChI=1S/C15H20ClFN2/c16-13-9-8-12(10-14(13)17)15(19-18)11-6-4-2-1-3-5-7-11/h6,8-10,15,19H,1-5,7,18H2/b11-6+. The molecule has 1 aromatic rings. The number of benzene rings is 1. The second-order valence-electron chi connectivity index (χ2n) is 5.01. The number of hydrogen-bond acceptors (Lipinski definition) is 2. The SMILES string of the molecule is NNC(/C1=C/CCCCCC1)c1ccc(Cl)c(F)c1. The third-order valence-electron chi connectivity index (χ3n) is 3.64. The van der Waals surface area contributed by atoms with E-state index in [-0.39, 0.29) is 11.1 Å². The maximum absolute atomic E-state index is 13.6. The lowest BCUT2D eigenvalue weighted by Crippen LogP contribution is -2.29. The van der Waals surface area contributed by atoms with Gasteiger partial charge in [0, 0.05) is 0 Å². The third kappa shape index (κ3) is 3.78. The molecule has 4 heteroatoms. The number of allylic oxidation sites excluding steroid dienone is 1. The number of rotatable bonds is 3. The zero-order valence-corrected chi connectivity index (χ0v) is 11.7. The smallest absolute Gasteiger partial charge is 0.142 e. The fourth-order valence-corrected chi connectivity index (χ4v) is 2.71. The molecule has 0 fully saturated rings. The van der Waals surface area contributed by atoms with E-state index in [1.165, 1.54) is 37.3 Å². The molecular formula is C15H20ClFN2. The summed E-state index contributed by atoms with van der Waals surface area (Å²) >= 11 is 5.72. The molecule has 0 aliphatic heterocycles. The van der Waals surface area contributed by atoms with E-state index in [2.05, 4.69) is 11.5 Å². The Hall–Kier alpha value is -0.900. The Balaban J connectivity index is 2.24. The minimum Gasteiger partial charge on any atom is -0.271 e. The van der Waals surface area contributed by atoms with E-state index >= 15 is 0 Å². The van der Waals surface area contributed by atoms with Crippen LogP contribution in [0.3, 0.4) is 0 Å². The second kappa shape index (κ2) is 7.04. The second-order valence-corrected chi connectivity index (χ2v) is 5.41. The van der Waals surface area contributed by atoms with Crippen LogP contribution in [-0.4, -0.2) is 0 Å². The van der Waals surface area contributed by atoms with Gasteiger partial charge in [-0.2, -0.15) is 0 Å². The van der Waals surface area contributed by atoms with Crippen molar-refractivity contribution in [2.75, 3.05) is 0 Å². The Labute approximate surface area is 118 Å². The van der Waals surface area contributed by atoms with Gasteiger partial charge in [-0.25, -0.2) is 9.82 Å². The largest absolute Gasteiger partial charge is 0.271 e. The molecule has 19 heavy (non-hydrogen) atoms. The van der Waals surface area contributed by atoms with E-state index in [1.54, 1.807) is 6.07 Å². The van der Waals surface area contributed by atoms with E-state index in [0.717, 1.165) is 18.4 Å². The van der Waals surface area contributed by atoms with Gasteiger partial charge >= 0.3 is 0 Å². The molecule has 0 aromatic heterocycles. The van der Waals surface area contributed by atoms with E-state index in [0.29, 0.717) is 0 Å². The van der Waals surface area contributed by atoms with E-state index in [9.17, 15) is 4.39 Å². The van der Waals surface area contributed by atoms with Gasteiger partial charge in [-0.3, -0.25) is 5.84 Å². The van der Waals surface area contributed by atoms with Crippen LogP contribution in [0.2, 0.25) is 5.02 Å². The van der Waals surface area contributed by atoms with Crippen molar-refractivity contribution < 1.29 is 4.39 Å². The summed E-state index contributed by atoms with van der Waals surface area (Å²) in [7, 11) is 0. The average molecular weight is 283 g/mol. The monoisotopic (exact) mass is 282 g/mol. The molecular weight excluding hydrogens is 263 g/mol. The van der Waals surface area contributed by atoms with Gasteiger partial charge in [-0.05, 0) is 43.4 Å². The number of hydrogen-bond donors (Lipinski definition) is 2. The molecule has 1 aliphatic carbocycles. The van der Waals surface area contributed by atoms with Gasteiger partial charge in [-0.15, -0.1) is 0 Å². The zero-order valence-electron chi connectivity index (χ0n) is 11.0. The van der Waals surface area contributed by atoms with Crippen molar-refractivity contribution in [2.45, 2.75) is 44.6 Å². The van der Waals surface area contributed by atoms with Crippen molar-refractivity contribution >= 4 is 11.6 Å². The number of nitrogens with one attached hydrogen (secondary N) is 1. The molecule has 0 saturated carbocycles. The van der Waals surface area contributed by atoms with Crippen LogP contribution >= 0.6 is 11.6 Å². The molecule has 0 bridgehead atoms. The Bertz CT molecular complexity index is 459. The average Bonchev–Trinajstić information content (AvgIpc) is 2.36. The summed E-state index contributed by atoms with van der Waals surface area (Å²) < 4.78 is 13.6. The van der Waals surface area contributed by atoms with Crippen LogP contribution < -0.4 is 11.3 Å². The highest BCUT2D eigenvalue weighted by molar-refractivity contribution is 6.30. The highest BCUT2D eigenvalue weighted by atomic mass is 35.5. The third-order valence-corrected chi connectivity index (χ3v) is 3.95. The molecule has 2 rings (SSSR count). The summed E-state index contributed by atoms with van der Waals surface area (Å²) in [5.74, 6) is 5.27. The van der Waals surface area contributed by atoms with Crippen molar-refractivity contribution in [2.24, 2.45) is 5.84 Å². The quantitative estimate of drug-likeness (QED) is 0.494. The van der Waals surface area contributed by atoms with Crippen LogP contribution in [0.4, 0.5) is 4.39 Å². The van der Waals surface area contributed by atoms with Gasteiger partial charge < -0.3 is 0 Å². The van der Waals surface area contributed by atoms with Gasteiger partial charge in [0.1, 0.15) is 5.82 Å². The molecule has 3 N–H and O–H groups in total. The van der Waals surface area contributed by atoms with Crippen molar-refractivity contribution in [3.8, 4) is 0 Å². The normalized spacial score (nSPS) is 21.1. The minimum absolute atomic E-state index is 0.120. The number of nitrogens with two attached hydrogens (primary N) is 1. The van der Waals surface area contributed by atoms with Crippen LogP contribution in [-0.2, 0) is 0 Å². The molecule has 1 atom stereocenters. The first-order chi connectivity index (χ1) is 9.22. The summed E-state index contributed by atoms with van der Waals surface area (Å²) in [6.07, 6.45) is 9.26. The molecule has 104 valence electrons. The zero-order chi connectivity index (χ0) is 13.7. The highest BCUT2D eigenvalue weighted by Gasteiger charge is 2.17. The topological polar surface area (TPSA) is 38.0 Å². The van der Waals surface area contributed by atoms with Crippen LogP contribution in [0.15, 0.2) is 29.8 Å². The fourth-order valence-electron chi connectivity index (χ4n) is 2.59. The molecule has 0 radical (unpaired) electrons. The Morgan fingerprint density at radius 1 is 1.21 bits per heavy atom. The molecule has 1 unspecified atom stereocenters. The number of hydrazine groups is 1. The Morgan fingerprint density at radius 3 is 2.74 bits per heavy atom. The van der Waals surface area contributed by atoms with Crippen LogP contribution in [0.1, 0.15) is 50.1 Å². The van der Waals surface area contributed by atoms with Crippen LogP contribution in [0.25, 0.3) is 0 Å². The van der Waals surface area contributed by atoms with E-state index in [1.807, 2.05) is 6.07 Å². The lowest BCUT2D eigenvalue weighted by Gasteiger charge is -2.22. The maximum Gasteiger partial charge on any atom is 0.142 e. The van der Waals surface area contributed by atoms with Crippen molar-refractivity contribution in [1.29, 1.82) is 0 Å². The summed E-state index contributed by atoms with van der Waals surface area (Å²) in [6.45, 7) is 0. The maximum atomic E-state index is 13.6. The first kappa shape index (κ1) is 14.5. The summed E-state index contributed by atoms with van der Waals surface area (Å²) in [4.78, 5) is 0. The molecule has 0 heterocycles. The van der Waals surface area contributed by atoms with E-state index < -0.39 is 5.82 Å². The lowest BCUT2D eigenvalue weighted by atomic mass is 9.91. The summed E-state index contributed by atoms with van der Waals surface area (Å²) in [5.41, 5.74) is 4.89. The molecule has 0 amide bonds. The van der Waals surface area contributed by atoms with Crippen LogP contribution in [0, 0.1) is 5.82 Å². The first-order valence-electron chi connectivity index (χ1n) is 6.82. The highest BCUT2D eigenvalue weighted by Crippen LogP contribution is 2.29. The van der Waals surface area contributed by atoms with Crippen molar-refractivity contribution in [1.82, 2.24) is 5.43 Å². The predicted molar refractivity (Wildman–Crippen MR) is 77.3 cm³/mol. The molecule has 1 aliphatic rings. The Kier molecular flexibility index (Phi) is 5.37. The molecule has 2 nitrogen and oxygen atoms in total. The summed E-state index contributed by atoms with van der Waals surface area (Å²) in [5, 5.41) is 0.145. The van der Waals surface area contributed by atoms with Gasteiger partial charge in [0.05, 0.1) is 11.1 Å². The fraction of sp³-hybridized carbons (Fsp3) is 0.467. The molecule has 0 spiro atoms. The number of halogens is 2. The first-order valence-corrected chi connectivity index (χ1v) is 7.20. The van der Waals surface area contributed by atoms with Gasteiger partial charge in [0.15, 0.2) is 0 Å². The Morgan fingerprint density at radius 2 is 2.00 bits per heavy atom. The van der Waals surface area contributed by atoms with Gasteiger partial charge in [0.2, 0.25) is 0 Å². The lowest BCUT2D eigenvalue weighted by molar-refractivity contribution is 0.551. The van der Waals surface area contributed by atoms with Crippen molar-refractivity contribution in [3.05, 3.63) is 46.3 Å².